The van der Waals surface area contributed by atoms with Gasteiger partial charge < -0.3 is 4.90 Å². The van der Waals surface area contributed by atoms with Gasteiger partial charge in [0, 0.05) is 19.8 Å². The molecular formula is C13H13N3O3. The minimum atomic E-state index is -0.797. The molecule has 6 heteroatoms. The quantitative estimate of drug-likeness (QED) is 0.599. The minimum Gasteiger partial charge on any atom is -0.378 e. The van der Waals surface area contributed by atoms with Gasteiger partial charge in [0.2, 0.25) is 0 Å². The first-order valence-corrected chi connectivity index (χ1v) is 5.63. The van der Waals surface area contributed by atoms with Crippen molar-refractivity contribution in [1.29, 1.82) is 0 Å². The largest absolute Gasteiger partial charge is 0.378 e. The number of carbonyl (C=O) groups excluding carboxylic acids is 3. The Morgan fingerprint density at radius 3 is 2.26 bits per heavy atom. The van der Waals surface area contributed by atoms with E-state index in [1.807, 2.05) is 47.8 Å². The molecule has 4 amide bonds. The van der Waals surface area contributed by atoms with Crippen molar-refractivity contribution in [2.45, 2.75) is 0 Å². The van der Waals surface area contributed by atoms with Crippen molar-refractivity contribution in [2.24, 2.45) is 0 Å². The normalized spacial score (nSPS) is 14.8. The summed E-state index contributed by atoms with van der Waals surface area (Å²) in [6.45, 7) is 0. The highest BCUT2D eigenvalue weighted by Gasteiger charge is 2.27. The number of hydrogen-bond acceptors (Lipinski definition) is 4. The summed E-state index contributed by atoms with van der Waals surface area (Å²) >= 11 is 0. The smallest absolute Gasteiger partial charge is 0.328 e. The number of rotatable bonds is 2. The zero-order valence-corrected chi connectivity index (χ0v) is 10.6. The molecule has 1 saturated heterocycles. The van der Waals surface area contributed by atoms with Crippen LogP contribution in [0.2, 0.25) is 0 Å². The number of nitrogens with zero attached hydrogens (tertiary/aromatic N) is 1. The molecule has 0 unspecified atom stereocenters. The van der Waals surface area contributed by atoms with Crippen molar-refractivity contribution in [3.8, 4) is 0 Å². The molecule has 0 atom stereocenters. The van der Waals surface area contributed by atoms with E-state index in [1.165, 1.54) is 6.08 Å². The topological polar surface area (TPSA) is 78.5 Å². The number of barbiturate groups is 1. The van der Waals surface area contributed by atoms with Gasteiger partial charge in [0.15, 0.2) is 0 Å². The molecule has 0 saturated carbocycles. The maximum atomic E-state index is 11.6. The van der Waals surface area contributed by atoms with E-state index in [2.05, 4.69) is 0 Å². The number of benzene rings is 1. The summed E-state index contributed by atoms with van der Waals surface area (Å²) < 4.78 is 0. The molecule has 1 aliphatic heterocycles. The van der Waals surface area contributed by atoms with Crippen LogP contribution in [0.4, 0.5) is 10.5 Å². The number of amides is 4. The summed E-state index contributed by atoms with van der Waals surface area (Å²) in [5.41, 5.74) is 1.57. The van der Waals surface area contributed by atoms with Gasteiger partial charge in [-0.2, -0.15) is 0 Å². The highest BCUT2D eigenvalue weighted by atomic mass is 16.2. The molecule has 1 heterocycles. The number of carbonyl (C=O) groups is 3. The van der Waals surface area contributed by atoms with Crippen molar-refractivity contribution in [1.82, 2.24) is 10.6 Å². The van der Waals surface area contributed by atoms with Gasteiger partial charge in [0.1, 0.15) is 5.57 Å². The molecule has 0 aliphatic carbocycles. The van der Waals surface area contributed by atoms with Crippen LogP contribution in [0.1, 0.15) is 5.56 Å². The summed E-state index contributed by atoms with van der Waals surface area (Å²) in [6, 6.07) is 6.55. The monoisotopic (exact) mass is 259 g/mol. The van der Waals surface area contributed by atoms with Crippen LogP contribution in [0.15, 0.2) is 29.8 Å². The molecule has 98 valence electrons. The first-order chi connectivity index (χ1) is 8.97. The Hall–Kier alpha value is -2.63. The third kappa shape index (κ3) is 2.79. The standard InChI is InChI=1S/C13H13N3O3/c1-16(2)9-5-3-4-8(6-9)7-10-11(17)14-13(19)15-12(10)18/h3-7H,1-2H3,(H2,14,15,17,18,19). The van der Waals surface area contributed by atoms with Crippen molar-refractivity contribution < 1.29 is 14.4 Å². The van der Waals surface area contributed by atoms with Crippen molar-refractivity contribution >= 4 is 29.6 Å². The predicted octanol–water partition coefficient (Wildman–Crippen LogP) is 0.502. The van der Waals surface area contributed by atoms with Gasteiger partial charge in [0.25, 0.3) is 11.8 Å². The lowest BCUT2D eigenvalue weighted by atomic mass is 10.1. The van der Waals surface area contributed by atoms with E-state index < -0.39 is 17.8 Å². The molecule has 2 rings (SSSR count). The number of anilines is 1. The van der Waals surface area contributed by atoms with Gasteiger partial charge in [-0.1, -0.05) is 12.1 Å². The number of nitrogens with one attached hydrogen (secondary N) is 2. The van der Waals surface area contributed by atoms with Crippen LogP contribution < -0.4 is 15.5 Å². The predicted molar refractivity (Wildman–Crippen MR) is 70.4 cm³/mol. The number of hydrogen-bond donors (Lipinski definition) is 2. The molecular weight excluding hydrogens is 246 g/mol. The summed E-state index contributed by atoms with van der Waals surface area (Å²) in [7, 11) is 3.79. The lowest BCUT2D eigenvalue weighted by Crippen LogP contribution is -2.51. The summed E-state index contributed by atoms with van der Waals surface area (Å²) in [6.07, 6.45) is 1.45. The van der Waals surface area contributed by atoms with Crippen LogP contribution in [-0.4, -0.2) is 31.9 Å². The van der Waals surface area contributed by atoms with Gasteiger partial charge >= 0.3 is 6.03 Å². The maximum Gasteiger partial charge on any atom is 0.328 e. The molecule has 1 aromatic carbocycles. The molecule has 19 heavy (non-hydrogen) atoms. The SMILES string of the molecule is CN(C)c1cccc(C=C2C(=O)NC(=O)NC2=O)c1. The molecule has 6 nitrogen and oxygen atoms in total. The van der Waals surface area contributed by atoms with Crippen LogP contribution in [0, 0.1) is 0 Å². The van der Waals surface area contributed by atoms with Crippen molar-refractivity contribution in [2.75, 3.05) is 19.0 Å². The van der Waals surface area contributed by atoms with Crippen LogP contribution in [0.5, 0.6) is 0 Å². The number of imide groups is 2. The van der Waals surface area contributed by atoms with Crippen LogP contribution in [0.3, 0.4) is 0 Å². The Morgan fingerprint density at radius 1 is 1.05 bits per heavy atom. The van der Waals surface area contributed by atoms with Gasteiger partial charge in [-0.15, -0.1) is 0 Å². The average Bonchev–Trinajstić information content (AvgIpc) is 2.34. The molecule has 2 N–H and O–H groups in total. The van der Waals surface area contributed by atoms with Crippen LogP contribution >= 0.6 is 0 Å². The average molecular weight is 259 g/mol. The fraction of sp³-hybridized carbons (Fsp3) is 0.154. The molecule has 0 radical (unpaired) electrons. The third-order valence-corrected chi connectivity index (χ3v) is 2.64. The van der Waals surface area contributed by atoms with E-state index in [0.717, 1.165) is 5.69 Å². The zero-order valence-electron chi connectivity index (χ0n) is 10.6. The Kier molecular flexibility index (Phi) is 3.33. The van der Waals surface area contributed by atoms with E-state index >= 15 is 0 Å². The fourth-order valence-electron chi connectivity index (χ4n) is 1.67. The fourth-order valence-corrected chi connectivity index (χ4v) is 1.67. The zero-order chi connectivity index (χ0) is 14.0. The first-order valence-electron chi connectivity index (χ1n) is 5.63. The highest BCUT2D eigenvalue weighted by Crippen LogP contribution is 2.16. The Morgan fingerprint density at radius 2 is 1.68 bits per heavy atom. The third-order valence-electron chi connectivity index (χ3n) is 2.64. The van der Waals surface area contributed by atoms with Crippen molar-refractivity contribution in [3.63, 3.8) is 0 Å². The van der Waals surface area contributed by atoms with Crippen molar-refractivity contribution in [3.05, 3.63) is 35.4 Å². The Bertz CT molecular complexity index is 569. The van der Waals surface area contributed by atoms with Gasteiger partial charge in [-0.05, 0) is 23.8 Å². The molecule has 0 aromatic heterocycles. The Labute approximate surface area is 110 Å². The van der Waals surface area contributed by atoms with E-state index in [-0.39, 0.29) is 5.57 Å². The van der Waals surface area contributed by atoms with Gasteiger partial charge in [-0.25, -0.2) is 4.79 Å². The van der Waals surface area contributed by atoms with E-state index in [1.54, 1.807) is 6.07 Å². The summed E-state index contributed by atoms with van der Waals surface area (Å²) in [5.74, 6) is -1.38. The summed E-state index contributed by atoms with van der Waals surface area (Å²) in [4.78, 5) is 36.0. The second kappa shape index (κ2) is 4.93. The molecule has 1 aromatic rings. The van der Waals surface area contributed by atoms with E-state index in [4.69, 9.17) is 0 Å². The highest BCUT2D eigenvalue weighted by molar-refractivity contribution is 6.31. The lowest BCUT2D eigenvalue weighted by molar-refractivity contribution is -0.123. The lowest BCUT2D eigenvalue weighted by Gasteiger charge is -2.15. The first kappa shape index (κ1) is 12.8. The second-order valence-electron chi connectivity index (χ2n) is 4.28. The summed E-state index contributed by atoms with van der Waals surface area (Å²) in [5, 5.41) is 4.06. The second-order valence-corrected chi connectivity index (χ2v) is 4.28. The van der Waals surface area contributed by atoms with Crippen LogP contribution in [0.25, 0.3) is 6.08 Å². The van der Waals surface area contributed by atoms with E-state index in [9.17, 15) is 14.4 Å². The van der Waals surface area contributed by atoms with Gasteiger partial charge in [-0.3, -0.25) is 20.2 Å². The molecule has 0 spiro atoms. The molecule has 1 aliphatic rings. The Balaban J connectivity index is 2.35. The maximum absolute atomic E-state index is 11.6. The van der Waals surface area contributed by atoms with Crippen LogP contribution in [-0.2, 0) is 9.59 Å². The number of urea groups is 1. The van der Waals surface area contributed by atoms with E-state index in [0.29, 0.717) is 5.56 Å². The van der Waals surface area contributed by atoms with Gasteiger partial charge in [0.05, 0.1) is 0 Å². The molecule has 0 bridgehead atoms. The molecule has 1 fully saturated rings. The minimum absolute atomic E-state index is 0.0875.